The molecule has 0 aromatic heterocycles. The summed E-state index contributed by atoms with van der Waals surface area (Å²) < 4.78 is 11.2. The van der Waals surface area contributed by atoms with Gasteiger partial charge in [-0.15, -0.1) is 11.6 Å². The zero-order chi connectivity index (χ0) is 12.3. The topological polar surface area (TPSA) is 37.4 Å². The normalized spacial score (nSPS) is 17.1. The highest BCUT2D eigenvalue weighted by Gasteiger charge is 2.20. The Morgan fingerprint density at radius 3 is 2.35 bits per heavy atom. The van der Waals surface area contributed by atoms with Crippen molar-refractivity contribution in [3.05, 3.63) is 35.4 Å². The minimum absolute atomic E-state index is 0.0165. The van der Waals surface area contributed by atoms with Crippen LogP contribution in [0.3, 0.4) is 0 Å². The van der Waals surface area contributed by atoms with Crippen LogP contribution in [0.4, 0.5) is 0 Å². The van der Waals surface area contributed by atoms with E-state index in [9.17, 15) is 9.00 Å². The van der Waals surface area contributed by atoms with E-state index in [2.05, 4.69) is 0 Å². The molecular formula is C12H14ClNO2S. The molecule has 1 aromatic rings. The van der Waals surface area contributed by atoms with Gasteiger partial charge < -0.3 is 4.90 Å². The van der Waals surface area contributed by atoms with Crippen molar-refractivity contribution in [1.82, 2.24) is 4.90 Å². The van der Waals surface area contributed by atoms with Gasteiger partial charge in [0.1, 0.15) is 0 Å². The number of alkyl halides is 1. The van der Waals surface area contributed by atoms with E-state index >= 15 is 0 Å². The molecule has 92 valence electrons. The fourth-order valence-corrected chi connectivity index (χ4v) is 2.99. The molecule has 1 fully saturated rings. The lowest BCUT2D eigenvalue weighted by molar-refractivity contribution is 0.0771. The molecule has 0 radical (unpaired) electrons. The van der Waals surface area contributed by atoms with Crippen LogP contribution in [-0.4, -0.2) is 39.6 Å². The molecule has 17 heavy (non-hydrogen) atoms. The summed E-state index contributed by atoms with van der Waals surface area (Å²) in [6.07, 6.45) is 0. The average molecular weight is 272 g/mol. The number of benzene rings is 1. The zero-order valence-electron chi connectivity index (χ0n) is 9.39. The predicted octanol–water partition coefficient (Wildman–Crippen LogP) is 1.63. The second-order valence-electron chi connectivity index (χ2n) is 3.97. The molecule has 0 N–H and O–H groups in total. The molecule has 1 aliphatic rings. The number of nitrogens with zero attached hydrogens (tertiary/aromatic N) is 1. The molecule has 0 saturated carbocycles. The summed E-state index contributed by atoms with van der Waals surface area (Å²) in [5, 5.41) is 0. The monoisotopic (exact) mass is 271 g/mol. The van der Waals surface area contributed by atoms with Gasteiger partial charge in [0, 0.05) is 46.8 Å². The molecule has 5 heteroatoms. The van der Waals surface area contributed by atoms with Gasteiger partial charge in [0.25, 0.3) is 5.91 Å². The van der Waals surface area contributed by atoms with Crippen molar-refractivity contribution < 1.29 is 9.00 Å². The summed E-state index contributed by atoms with van der Waals surface area (Å²) in [5.41, 5.74) is 1.68. The van der Waals surface area contributed by atoms with Gasteiger partial charge in [0.15, 0.2) is 0 Å². The number of amides is 1. The van der Waals surface area contributed by atoms with E-state index in [0.29, 0.717) is 36.0 Å². The van der Waals surface area contributed by atoms with Crippen molar-refractivity contribution in [3.8, 4) is 0 Å². The standard InChI is InChI=1S/C12H14ClNO2S/c13-9-10-1-3-11(4-2-10)12(15)14-5-7-17(16)8-6-14/h1-4H,5-9H2. The summed E-state index contributed by atoms with van der Waals surface area (Å²) >= 11 is 5.69. The van der Waals surface area contributed by atoms with Crippen LogP contribution in [0.15, 0.2) is 24.3 Å². The van der Waals surface area contributed by atoms with Crippen molar-refractivity contribution in [3.63, 3.8) is 0 Å². The highest BCUT2D eigenvalue weighted by molar-refractivity contribution is 7.85. The largest absolute Gasteiger partial charge is 0.337 e. The van der Waals surface area contributed by atoms with Crippen LogP contribution in [0.1, 0.15) is 15.9 Å². The molecule has 0 bridgehead atoms. The van der Waals surface area contributed by atoms with Gasteiger partial charge in [0.05, 0.1) is 0 Å². The number of rotatable bonds is 2. The average Bonchev–Trinajstić information content (AvgIpc) is 2.39. The molecule has 1 saturated heterocycles. The molecular weight excluding hydrogens is 258 g/mol. The maximum absolute atomic E-state index is 12.1. The molecule has 3 nitrogen and oxygen atoms in total. The first-order valence-electron chi connectivity index (χ1n) is 5.50. The van der Waals surface area contributed by atoms with Gasteiger partial charge >= 0.3 is 0 Å². The Hall–Kier alpha value is -0.870. The van der Waals surface area contributed by atoms with E-state index in [-0.39, 0.29) is 5.91 Å². The van der Waals surface area contributed by atoms with Crippen molar-refractivity contribution in [2.45, 2.75) is 5.88 Å². The van der Waals surface area contributed by atoms with Crippen LogP contribution < -0.4 is 0 Å². The summed E-state index contributed by atoms with van der Waals surface area (Å²) in [6.45, 7) is 1.17. The maximum Gasteiger partial charge on any atom is 0.253 e. The molecule has 0 spiro atoms. The first kappa shape index (κ1) is 12.6. The fraction of sp³-hybridized carbons (Fsp3) is 0.417. The molecule has 0 aliphatic carbocycles. The molecule has 1 amide bonds. The van der Waals surface area contributed by atoms with Crippen LogP contribution in [0.2, 0.25) is 0 Å². The lowest BCUT2D eigenvalue weighted by atomic mass is 10.1. The molecule has 1 heterocycles. The van der Waals surface area contributed by atoms with Crippen molar-refractivity contribution >= 4 is 28.3 Å². The van der Waals surface area contributed by atoms with Crippen LogP contribution in [0.25, 0.3) is 0 Å². The number of carbonyl (C=O) groups is 1. The first-order chi connectivity index (χ1) is 8.20. The second-order valence-corrected chi connectivity index (χ2v) is 5.93. The Bertz CT molecular complexity index is 423. The van der Waals surface area contributed by atoms with E-state index in [1.807, 2.05) is 12.1 Å². The molecule has 1 aliphatic heterocycles. The maximum atomic E-state index is 12.1. The lowest BCUT2D eigenvalue weighted by Crippen LogP contribution is -2.41. The third kappa shape index (κ3) is 3.07. The van der Waals surface area contributed by atoms with Gasteiger partial charge in [-0.3, -0.25) is 9.00 Å². The van der Waals surface area contributed by atoms with Gasteiger partial charge in [-0.25, -0.2) is 0 Å². The van der Waals surface area contributed by atoms with E-state index in [1.54, 1.807) is 17.0 Å². The van der Waals surface area contributed by atoms with Gasteiger partial charge in [-0.05, 0) is 17.7 Å². The van der Waals surface area contributed by atoms with Gasteiger partial charge in [0.2, 0.25) is 0 Å². The van der Waals surface area contributed by atoms with Crippen LogP contribution >= 0.6 is 11.6 Å². The van der Waals surface area contributed by atoms with Crippen LogP contribution in [-0.2, 0) is 16.7 Å². The van der Waals surface area contributed by atoms with Crippen molar-refractivity contribution in [2.75, 3.05) is 24.6 Å². The number of hydrogen-bond donors (Lipinski definition) is 0. The van der Waals surface area contributed by atoms with Crippen LogP contribution in [0, 0.1) is 0 Å². The highest BCUT2D eigenvalue weighted by atomic mass is 35.5. The summed E-state index contributed by atoms with van der Waals surface area (Å²) in [7, 11) is -0.750. The van der Waals surface area contributed by atoms with Crippen molar-refractivity contribution in [1.29, 1.82) is 0 Å². The summed E-state index contributed by atoms with van der Waals surface area (Å²) in [6, 6.07) is 7.32. The fourth-order valence-electron chi connectivity index (χ4n) is 1.76. The zero-order valence-corrected chi connectivity index (χ0v) is 11.0. The Labute approximate surface area is 108 Å². The Morgan fingerprint density at radius 1 is 1.24 bits per heavy atom. The molecule has 0 atom stereocenters. The van der Waals surface area contributed by atoms with Crippen molar-refractivity contribution in [2.24, 2.45) is 0 Å². The smallest absolute Gasteiger partial charge is 0.253 e. The Balaban J connectivity index is 2.05. The molecule has 0 unspecified atom stereocenters. The summed E-state index contributed by atoms with van der Waals surface area (Å²) in [4.78, 5) is 13.9. The summed E-state index contributed by atoms with van der Waals surface area (Å²) in [5.74, 6) is 1.65. The molecule has 1 aromatic carbocycles. The van der Waals surface area contributed by atoms with Gasteiger partial charge in [-0.1, -0.05) is 12.1 Å². The minimum atomic E-state index is -0.750. The Kier molecular flexibility index (Phi) is 4.18. The van der Waals surface area contributed by atoms with E-state index in [0.717, 1.165) is 5.56 Å². The quantitative estimate of drug-likeness (QED) is 0.767. The van der Waals surface area contributed by atoms with E-state index in [1.165, 1.54) is 0 Å². The second kappa shape index (κ2) is 5.65. The molecule has 2 rings (SSSR count). The van der Waals surface area contributed by atoms with E-state index < -0.39 is 10.8 Å². The first-order valence-corrected chi connectivity index (χ1v) is 7.52. The number of carbonyl (C=O) groups excluding carboxylic acids is 1. The third-order valence-corrected chi connectivity index (χ3v) is 4.40. The number of halogens is 1. The third-order valence-electron chi connectivity index (χ3n) is 2.82. The van der Waals surface area contributed by atoms with Crippen LogP contribution in [0.5, 0.6) is 0 Å². The lowest BCUT2D eigenvalue weighted by Gasteiger charge is -2.26. The van der Waals surface area contributed by atoms with E-state index in [4.69, 9.17) is 11.6 Å². The predicted molar refractivity (Wildman–Crippen MR) is 69.8 cm³/mol. The minimum Gasteiger partial charge on any atom is -0.337 e. The number of hydrogen-bond acceptors (Lipinski definition) is 2. The highest BCUT2D eigenvalue weighted by Crippen LogP contribution is 2.11. The SMILES string of the molecule is O=C(c1ccc(CCl)cc1)N1CCS(=O)CC1. The van der Waals surface area contributed by atoms with Gasteiger partial charge in [-0.2, -0.15) is 0 Å². The Morgan fingerprint density at radius 2 is 1.82 bits per heavy atom.